The molecular formula is C22H19ClFNO. The number of carbonyl (C=O) groups excluding carboxylic acids is 1. The maximum absolute atomic E-state index is 13.1. The molecule has 0 aliphatic rings. The number of halogens is 2. The van der Waals surface area contributed by atoms with Gasteiger partial charge in [-0.25, -0.2) is 4.39 Å². The molecule has 0 bridgehead atoms. The lowest BCUT2D eigenvalue weighted by atomic mass is 9.97. The van der Waals surface area contributed by atoms with Crippen molar-refractivity contribution in [2.24, 2.45) is 0 Å². The molecule has 0 saturated heterocycles. The van der Waals surface area contributed by atoms with Crippen molar-refractivity contribution in [2.75, 3.05) is 5.32 Å². The SMILES string of the molecule is Cc1ccc(C(CC(=O)c2ccc(F)cc2)Nc2cccc(Cl)c2)cc1. The Labute approximate surface area is 157 Å². The van der Waals surface area contributed by atoms with Crippen LogP contribution in [0.25, 0.3) is 0 Å². The van der Waals surface area contributed by atoms with Crippen molar-refractivity contribution >= 4 is 23.1 Å². The molecule has 1 unspecified atom stereocenters. The van der Waals surface area contributed by atoms with Gasteiger partial charge in [-0.2, -0.15) is 0 Å². The number of ketones is 1. The summed E-state index contributed by atoms with van der Waals surface area (Å²) in [4.78, 5) is 12.7. The molecule has 0 spiro atoms. The highest BCUT2D eigenvalue weighted by Crippen LogP contribution is 2.26. The molecule has 2 nitrogen and oxygen atoms in total. The third-order valence-electron chi connectivity index (χ3n) is 4.20. The summed E-state index contributed by atoms with van der Waals surface area (Å²) in [6, 6.07) is 20.9. The van der Waals surface area contributed by atoms with Crippen LogP contribution < -0.4 is 5.32 Å². The van der Waals surface area contributed by atoms with Crippen LogP contribution in [0, 0.1) is 12.7 Å². The van der Waals surface area contributed by atoms with Gasteiger partial charge in [-0.3, -0.25) is 4.79 Å². The smallest absolute Gasteiger partial charge is 0.165 e. The van der Waals surface area contributed by atoms with Crippen molar-refractivity contribution in [3.63, 3.8) is 0 Å². The topological polar surface area (TPSA) is 29.1 Å². The third kappa shape index (κ3) is 4.70. The number of hydrogen-bond donors (Lipinski definition) is 1. The molecule has 132 valence electrons. The average Bonchev–Trinajstić information content (AvgIpc) is 2.62. The van der Waals surface area contributed by atoms with Gasteiger partial charge in [-0.05, 0) is 55.0 Å². The summed E-state index contributed by atoms with van der Waals surface area (Å²) in [7, 11) is 0. The molecule has 0 saturated carbocycles. The maximum Gasteiger partial charge on any atom is 0.165 e. The zero-order chi connectivity index (χ0) is 18.5. The zero-order valence-corrected chi connectivity index (χ0v) is 15.1. The number of anilines is 1. The average molecular weight is 368 g/mol. The summed E-state index contributed by atoms with van der Waals surface area (Å²) in [6.07, 6.45) is 0.251. The fraction of sp³-hybridized carbons (Fsp3) is 0.136. The van der Waals surface area contributed by atoms with Crippen LogP contribution in [0.3, 0.4) is 0 Å². The van der Waals surface area contributed by atoms with Gasteiger partial charge in [0.25, 0.3) is 0 Å². The number of Topliss-reactive ketones (excluding diaryl/α,β-unsaturated/α-hetero) is 1. The summed E-state index contributed by atoms with van der Waals surface area (Å²) in [6.45, 7) is 2.02. The Morgan fingerprint density at radius 1 is 1.04 bits per heavy atom. The Morgan fingerprint density at radius 2 is 1.73 bits per heavy atom. The summed E-state index contributed by atoms with van der Waals surface area (Å²) in [5, 5.41) is 4.02. The fourth-order valence-corrected chi connectivity index (χ4v) is 2.96. The van der Waals surface area contributed by atoms with Crippen molar-refractivity contribution in [1.29, 1.82) is 0 Å². The lowest BCUT2D eigenvalue weighted by Gasteiger charge is -2.20. The standard InChI is InChI=1S/C22H19ClFNO/c1-15-5-7-16(8-6-15)21(25-20-4-2-3-18(23)13-20)14-22(26)17-9-11-19(24)12-10-17/h2-13,21,25H,14H2,1H3. The van der Waals surface area contributed by atoms with E-state index in [1.165, 1.54) is 24.3 Å². The van der Waals surface area contributed by atoms with E-state index < -0.39 is 0 Å². The van der Waals surface area contributed by atoms with Crippen LogP contribution in [0.1, 0.15) is 33.9 Å². The number of nitrogens with one attached hydrogen (secondary N) is 1. The van der Waals surface area contributed by atoms with Gasteiger partial charge in [0, 0.05) is 22.7 Å². The summed E-state index contributed by atoms with van der Waals surface area (Å²) < 4.78 is 13.1. The van der Waals surface area contributed by atoms with E-state index in [0.29, 0.717) is 10.6 Å². The monoisotopic (exact) mass is 367 g/mol. The highest BCUT2D eigenvalue weighted by Gasteiger charge is 2.17. The minimum absolute atomic E-state index is 0.0508. The van der Waals surface area contributed by atoms with Crippen LogP contribution in [0.4, 0.5) is 10.1 Å². The Kier molecular flexibility index (Phi) is 5.69. The summed E-state index contributed by atoms with van der Waals surface area (Å²) in [5.74, 6) is -0.404. The van der Waals surface area contributed by atoms with Gasteiger partial charge in [0.05, 0.1) is 6.04 Å². The molecule has 26 heavy (non-hydrogen) atoms. The predicted octanol–water partition coefficient (Wildman–Crippen LogP) is 6.21. The molecule has 0 fully saturated rings. The highest BCUT2D eigenvalue weighted by atomic mass is 35.5. The van der Waals surface area contributed by atoms with Crippen LogP contribution in [-0.2, 0) is 0 Å². The van der Waals surface area contributed by atoms with E-state index in [0.717, 1.165) is 16.8 Å². The Bertz CT molecular complexity index is 891. The zero-order valence-electron chi connectivity index (χ0n) is 14.4. The second-order valence-corrected chi connectivity index (χ2v) is 6.69. The third-order valence-corrected chi connectivity index (χ3v) is 4.44. The van der Waals surface area contributed by atoms with E-state index in [4.69, 9.17) is 11.6 Å². The van der Waals surface area contributed by atoms with Crippen molar-refractivity contribution in [1.82, 2.24) is 0 Å². The first-order valence-corrected chi connectivity index (χ1v) is 8.76. The van der Waals surface area contributed by atoms with Gasteiger partial charge in [0.2, 0.25) is 0 Å². The Hall–Kier alpha value is -2.65. The molecule has 0 aliphatic heterocycles. The second-order valence-electron chi connectivity index (χ2n) is 6.25. The van der Waals surface area contributed by atoms with Gasteiger partial charge in [-0.15, -0.1) is 0 Å². The maximum atomic E-state index is 13.1. The molecule has 0 heterocycles. The van der Waals surface area contributed by atoms with E-state index in [1.54, 1.807) is 6.07 Å². The minimum atomic E-state index is -0.353. The first-order valence-electron chi connectivity index (χ1n) is 8.39. The van der Waals surface area contributed by atoms with Gasteiger partial charge >= 0.3 is 0 Å². The summed E-state index contributed by atoms with van der Waals surface area (Å²) >= 11 is 6.07. The molecular weight excluding hydrogens is 349 g/mol. The molecule has 0 amide bonds. The van der Waals surface area contributed by atoms with E-state index >= 15 is 0 Å². The van der Waals surface area contributed by atoms with Crippen LogP contribution in [-0.4, -0.2) is 5.78 Å². The molecule has 3 aromatic rings. The van der Waals surface area contributed by atoms with Gasteiger partial charge in [0.1, 0.15) is 5.82 Å². The van der Waals surface area contributed by atoms with E-state index in [2.05, 4.69) is 5.32 Å². The molecule has 1 atom stereocenters. The molecule has 1 N–H and O–H groups in total. The van der Waals surface area contributed by atoms with Gasteiger partial charge in [-0.1, -0.05) is 47.5 Å². The predicted molar refractivity (Wildman–Crippen MR) is 104 cm³/mol. The van der Waals surface area contributed by atoms with E-state index in [9.17, 15) is 9.18 Å². The number of rotatable bonds is 6. The Balaban J connectivity index is 1.85. The van der Waals surface area contributed by atoms with Crippen molar-refractivity contribution < 1.29 is 9.18 Å². The number of benzene rings is 3. The van der Waals surface area contributed by atoms with Crippen molar-refractivity contribution in [3.8, 4) is 0 Å². The van der Waals surface area contributed by atoms with Crippen LogP contribution >= 0.6 is 11.6 Å². The van der Waals surface area contributed by atoms with Crippen molar-refractivity contribution in [2.45, 2.75) is 19.4 Å². The van der Waals surface area contributed by atoms with E-state index in [1.807, 2.05) is 49.4 Å². The molecule has 0 radical (unpaired) electrons. The van der Waals surface area contributed by atoms with Crippen molar-refractivity contribution in [3.05, 3.63) is 100 Å². The van der Waals surface area contributed by atoms with Crippen LogP contribution in [0.5, 0.6) is 0 Å². The number of aryl methyl sites for hydroxylation is 1. The molecule has 3 aromatic carbocycles. The van der Waals surface area contributed by atoms with Crippen LogP contribution in [0.2, 0.25) is 5.02 Å². The molecule has 0 aromatic heterocycles. The number of hydrogen-bond acceptors (Lipinski definition) is 2. The summed E-state index contributed by atoms with van der Waals surface area (Å²) in [5.41, 5.74) is 3.50. The number of carbonyl (C=O) groups is 1. The first kappa shape index (κ1) is 18.2. The lowest BCUT2D eigenvalue weighted by molar-refractivity contribution is 0.0976. The highest BCUT2D eigenvalue weighted by molar-refractivity contribution is 6.30. The Morgan fingerprint density at radius 3 is 2.38 bits per heavy atom. The quantitative estimate of drug-likeness (QED) is 0.524. The molecule has 0 aliphatic carbocycles. The first-order chi connectivity index (χ1) is 12.5. The molecule has 3 rings (SSSR count). The van der Waals surface area contributed by atoms with Gasteiger partial charge < -0.3 is 5.32 Å². The lowest BCUT2D eigenvalue weighted by Crippen LogP contribution is -2.16. The largest absolute Gasteiger partial charge is 0.378 e. The second kappa shape index (κ2) is 8.15. The fourth-order valence-electron chi connectivity index (χ4n) is 2.77. The van der Waals surface area contributed by atoms with E-state index in [-0.39, 0.29) is 24.1 Å². The normalized spacial score (nSPS) is 11.8. The molecule has 4 heteroatoms. The van der Waals surface area contributed by atoms with Gasteiger partial charge in [0.15, 0.2) is 5.78 Å². The van der Waals surface area contributed by atoms with Crippen LogP contribution in [0.15, 0.2) is 72.8 Å². The minimum Gasteiger partial charge on any atom is -0.378 e.